The van der Waals surface area contributed by atoms with Crippen LogP contribution in [-0.4, -0.2) is 9.97 Å². The fraction of sp³-hybridized carbons (Fsp3) is 0.182. The molecule has 0 amide bonds. The zero-order valence-electron chi connectivity index (χ0n) is 28.6. The van der Waals surface area contributed by atoms with Gasteiger partial charge in [0.25, 0.3) is 0 Å². The Morgan fingerprint density at radius 3 is 2.22 bits per heavy atom. The Bertz CT molecular complexity index is 2360. The summed E-state index contributed by atoms with van der Waals surface area (Å²) in [6.45, 7) is 13.3. The largest absolute Gasteiger partial charge is 0.499 e. The number of thiophene rings is 1. The van der Waals surface area contributed by atoms with Gasteiger partial charge in [-0.3, -0.25) is 0 Å². The quantitative estimate of drug-likeness (QED) is 0.166. The van der Waals surface area contributed by atoms with Gasteiger partial charge < -0.3 is 14.4 Å². The van der Waals surface area contributed by atoms with Gasteiger partial charge in [-0.05, 0) is 94.2 Å². The van der Waals surface area contributed by atoms with Crippen LogP contribution >= 0.6 is 11.3 Å². The molecule has 3 nitrogen and oxygen atoms in total. The van der Waals surface area contributed by atoms with E-state index in [4.69, 9.17) is 9.40 Å². The van der Waals surface area contributed by atoms with Crippen molar-refractivity contribution in [2.75, 3.05) is 0 Å². The topological polar surface area (TPSA) is 38.9 Å². The summed E-state index contributed by atoms with van der Waals surface area (Å²) < 4.78 is 7.74. The standard InChI is InChI=1S/C32H28NOS.C12H10N.Ir/c1-19-8-6-9-20(2)28(19)26-16-27(33-18-22(26)17-32(3,4)5)25-11-7-10-23-24-13-12-21-14-15-35-31(21)30(24)34-29(23)25;1-10-7-8-12(13-9-10)11-5-3-2-4-6-11;/h6-10,12-16,18H,17H2,1-5H3;2-5,7-9H,1H3;/q2*-1;. The molecule has 49 heavy (non-hydrogen) atoms. The Morgan fingerprint density at radius 1 is 0.735 bits per heavy atom. The van der Waals surface area contributed by atoms with Crippen LogP contribution in [0.25, 0.3) is 65.7 Å². The smallest absolute Gasteiger partial charge is 0.138 e. The van der Waals surface area contributed by atoms with Gasteiger partial charge >= 0.3 is 0 Å². The van der Waals surface area contributed by atoms with Gasteiger partial charge in [-0.15, -0.1) is 65.4 Å². The van der Waals surface area contributed by atoms with Gasteiger partial charge in [0.05, 0.1) is 10.3 Å². The summed E-state index contributed by atoms with van der Waals surface area (Å²) in [6, 6.07) is 37.9. The number of furan rings is 1. The second-order valence-electron chi connectivity index (χ2n) is 13.7. The summed E-state index contributed by atoms with van der Waals surface area (Å²) in [4.78, 5) is 9.28. The summed E-state index contributed by atoms with van der Waals surface area (Å²) >= 11 is 1.72. The van der Waals surface area contributed by atoms with Crippen molar-refractivity contribution in [2.45, 2.75) is 48.0 Å². The summed E-state index contributed by atoms with van der Waals surface area (Å²) in [5.74, 6) is 0. The summed E-state index contributed by atoms with van der Waals surface area (Å²) in [6.07, 6.45) is 4.89. The van der Waals surface area contributed by atoms with E-state index in [0.29, 0.717) is 0 Å². The first-order chi connectivity index (χ1) is 23.2. The van der Waals surface area contributed by atoms with Crippen molar-refractivity contribution in [2.24, 2.45) is 5.41 Å². The molecule has 4 heterocycles. The summed E-state index contributed by atoms with van der Waals surface area (Å²) in [5, 5.41) is 5.59. The third-order valence-corrected chi connectivity index (χ3v) is 9.56. The van der Waals surface area contributed by atoms with Crippen LogP contribution in [0.5, 0.6) is 0 Å². The Kier molecular flexibility index (Phi) is 9.99. The van der Waals surface area contributed by atoms with E-state index in [-0.39, 0.29) is 25.5 Å². The molecule has 1 radical (unpaired) electrons. The number of benzene rings is 4. The number of aryl methyl sites for hydroxylation is 3. The van der Waals surface area contributed by atoms with Crippen LogP contribution in [0.3, 0.4) is 0 Å². The first-order valence-corrected chi connectivity index (χ1v) is 17.2. The molecular weight excluding hydrogens is 797 g/mol. The van der Waals surface area contributed by atoms with Gasteiger partial charge in [0.15, 0.2) is 0 Å². The molecule has 0 saturated carbocycles. The molecule has 0 saturated heterocycles. The Labute approximate surface area is 306 Å². The number of hydrogen-bond donors (Lipinski definition) is 0. The van der Waals surface area contributed by atoms with E-state index in [0.717, 1.165) is 50.9 Å². The predicted octanol–water partition coefficient (Wildman–Crippen LogP) is 12.4. The molecule has 4 aromatic heterocycles. The molecule has 0 N–H and O–H groups in total. The number of rotatable bonds is 4. The summed E-state index contributed by atoms with van der Waals surface area (Å²) in [7, 11) is 0. The number of hydrogen-bond acceptors (Lipinski definition) is 4. The van der Waals surface area contributed by atoms with E-state index < -0.39 is 0 Å². The van der Waals surface area contributed by atoms with Crippen LogP contribution < -0.4 is 0 Å². The fourth-order valence-corrected chi connectivity index (χ4v) is 7.28. The predicted molar refractivity (Wildman–Crippen MR) is 202 cm³/mol. The van der Waals surface area contributed by atoms with Crippen LogP contribution in [0.2, 0.25) is 0 Å². The fourth-order valence-electron chi connectivity index (χ4n) is 6.40. The van der Waals surface area contributed by atoms with Crippen molar-refractivity contribution in [1.29, 1.82) is 0 Å². The van der Waals surface area contributed by atoms with E-state index in [1.807, 2.05) is 49.5 Å². The van der Waals surface area contributed by atoms with Crippen molar-refractivity contribution in [3.8, 4) is 33.6 Å². The number of nitrogens with zero attached hydrogens (tertiary/aromatic N) is 2. The second-order valence-corrected chi connectivity index (χ2v) is 14.6. The first kappa shape index (κ1) is 34.5. The molecule has 8 rings (SSSR count). The third-order valence-electron chi connectivity index (χ3n) is 8.63. The average Bonchev–Trinajstić information content (AvgIpc) is 3.71. The van der Waals surface area contributed by atoms with E-state index >= 15 is 0 Å². The van der Waals surface area contributed by atoms with Crippen LogP contribution in [0.15, 0.2) is 113 Å². The maximum atomic E-state index is 6.55. The Balaban J connectivity index is 0.000000250. The van der Waals surface area contributed by atoms with Crippen molar-refractivity contribution >= 4 is 43.4 Å². The normalized spacial score (nSPS) is 11.4. The second kappa shape index (κ2) is 14.2. The molecule has 0 aliphatic rings. The van der Waals surface area contributed by atoms with Crippen molar-refractivity contribution in [3.63, 3.8) is 0 Å². The molecule has 5 heteroatoms. The van der Waals surface area contributed by atoms with Gasteiger partial charge in [-0.1, -0.05) is 80.3 Å². The van der Waals surface area contributed by atoms with Gasteiger partial charge in [0, 0.05) is 37.9 Å². The van der Waals surface area contributed by atoms with Crippen LogP contribution in [-0.2, 0) is 26.5 Å². The molecule has 0 spiro atoms. The number of pyridine rings is 2. The first-order valence-electron chi connectivity index (χ1n) is 16.3. The van der Waals surface area contributed by atoms with Crippen LogP contribution in [0.4, 0.5) is 0 Å². The molecule has 247 valence electrons. The molecule has 4 aromatic carbocycles. The monoisotopic (exact) mass is 835 g/mol. The zero-order chi connectivity index (χ0) is 33.4. The number of aromatic nitrogens is 2. The van der Waals surface area contributed by atoms with Gasteiger partial charge in [0.1, 0.15) is 5.58 Å². The molecule has 0 bridgehead atoms. The maximum absolute atomic E-state index is 6.55. The SMILES string of the molecule is Cc1ccc(-c2[c-]cccc2)nc1.Cc1cccc(C)c1-c1cc(-c2[c-]ccc3c2oc2c3ccc3ccsc32)ncc1CC(C)(C)C.[Ir]. The van der Waals surface area contributed by atoms with E-state index in [2.05, 4.69) is 118 Å². The van der Waals surface area contributed by atoms with Crippen molar-refractivity contribution in [3.05, 3.63) is 143 Å². The minimum atomic E-state index is 0. The third kappa shape index (κ3) is 7.16. The van der Waals surface area contributed by atoms with E-state index in [1.165, 1.54) is 43.5 Å². The van der Waals surface area contributed by atoms with Crippen LogP contribution in [0.1, 0.15) is 43.0 Å². The van der Waals surface area contributed by atoms with Crippen LogP contribution in [0, 0.1) is 38.3 Å². The molecule has 0 aliphatic carbocycles. The molecule has 0 aliphatic heterocycles. The zero-order valence-corrected chi connectivity index (χ0v) is 31.9. The van der Waals surface area contributed by atoms with Crippen molar-refractivity contribution < 1.29 is 24.5 Å². The van der Waals surface area contributed by atoms with Crippen molar-refractivity contribution in [1.82, 2.24) is 9.97 Å². The van der Waals surface area contributed by atoms with E-state index in [1.54, 1.807) is 11.3 Å². The van der Waals surface area contributed by atoms with Gasteiger partial charge in [-0.2, -0.15) is 0 Å². The van der Waals surface area contributed by atoms with Gasteiger partial charge in [-0.25, -0.2) is 0 Å². The average molecular weight is 835 g/mol. The Hall–Kier alpha value is -4.41. The van der Waals surface area contributed by atoms with E-state index in [9.17, 15) is 0 Å². The Morgan fingerprint density at radius 2 is 1.51 bits per heavy atom. The molecule has 0 fully saturated rings. The molecular formula is C44H38IrN2OS-2. The molecule has 8 aromatic rings. The molecule has 0 unspecified atom stereocenters. The minimum absolute atomic E-state index is 0. The minimum Gasteiger partial charge on any atom is -0.499 e. The summed E-state index contributed by atoms with van der Waals surface area (Å²) in [5.41, 5.74) is 13.4. The van der Waals surface area contributed by atoms with Gasteiger partial charge in [0.2, 0.25) is 0 Å². The maximum Gasteiger partial charge on any atom is 0.138 e. The number of fused-ring (bicyclic) bond motifs is 5. The molecule has 0 atom stereocenters.